The van der Waals surface area contributed by atoms with Crippen LogP contribution in [0.5, 0.6) is 0 Å². The molecular weight excluding hydrogens is 190 g/mol. The van der Waals surface area contributed by atoms with E-state index in [-0.39, 0.29) is 12.1 Å². The van der Waals surface area contributed by atoms with Crippen LogP contribution in [-0.2, 0) is 6.54 Å². The van der Waals surface area contributed by atoms with E-state index in [0.717, 1.165) is 16.8 Å². The van der Waals surface area contributed by atoms with Gasteiger partial charge in [0, 0.05) is 12.1 Å². The highest BCUT2D eigenvalue weighted by molar-refractivity contribution is 5.66. The first-order chi connectivity index (χ1) is 7.24. The first-order valence-corrected chi connectivity index (χ1v) is 4.79. The van der Waals surface area contributed by atoms with Gasteiger partial charge in [0.2, 0.25) is 0 Å². The van der Waals surface area contributed by atoms with Gasteiger partial charge in [-0.2, -0.15) is 0 Å². The van der Waals surface area contributed by atoms with Gasteiger partial charge in [-0.15, -0.1) is 0 Å². The molecule has 0 aliphatic heterocycles. The zero-order valence-electron chi connectivity index (χ0n) is 8.50. The van der Waals surface area contributed by atoms with Crippen molar-refractivity contribution in [2.45, 2.75) is 13.5 Å². The number of hydrogen-bond donors (Lipinski definition) is 3. The van der Waals surface area contributed by atoms with Gasteiger partial charge in [0.25, 0.3) is 5.56 Å². The molecule has 0 fully saturated rings. The standard InChI is InChI=1S/C11H13N3O/c1-7-4-2-3-5-8(7)10-9(6-12)11(15)14-13-10/h2-5H,6,12H2,1H3,(H2,13,14,15). The maximum atomic E-state index is 11.4. The molecule has 78 valence electrons. The highest BCUT2D eigenvalue weighted by Crippen LogP contribution is 2.22. The van der Waals surface area contributed by atoms with Crippen LogP contribution in [0.2, 0.25) is 0 Å². The van der Waals surface area contributed by atoms with Crippen molar-refractivity contribution in [1.82, 2.24) is 10.2 Å². The first kappa shape index (κ1) is 9.73. The van der Waals surface area contributed by atoms with Crippen molar-refractivity contribution in [3.05, 3.63) is 45.7 Å². The van der Waals surface area contributed by atoms with Crippen LogP contribution >= 0.6 is 0 Å². The third kappa shape index (κ3) is 1.59. The Kier molecular flexibility index (Phi) is 2.43. The monoisotopic (exact) mass is 203 g/mol. The Labute approximate surface area is 87.1 Å². The molecule has 0 unspecified atom stereocenters. The molecule has 0 bridgehead atoms. The number of hydrogen-bond acceptors (Lipinski definition) is 2. The second kappa shape index (κ2) is 3.74. The smallest absolute Gasteiger partial charge is 0.269 e. The van der Waals surface area contributed by atoms with E-state index < -0.39 is 0 Å². The van der Waals surface area contributed by atoms with Gasteiger partial charge in [-0.1, -0.05) is 24.3 Å². The zero-order chi connectivity index (χ0) is 10.8. The van der Waals surface area contributed by atoms with Gasteiger partial charge in [-0.05, 0) is 12.5 Å². The first-order valence-electron chi connectivity index (χ1n) is 4.79. The molecule has 0 saturated heterocycles. The third-order valence-electron chi connectivity index (χ3n) is 2.50. The van der Waals surface area contributed by atoms with E-state index in [1.165, 1.54) is 0 Å². The van der Waals surface area contributed by atoms with Crippen molar-refractivity contribution in [1.29, 1.82) is 0 Å². The Balaban J connectivity index is 2.64. The number of benzene rings is 1. The van der Waals surface area contributed by atoms with Crippen molar-refractivity contribution in [3.63, 3.8) is 0 Å². The molecule has 0 amide bonds. The van der Waals surface area contributed by atoms with E-state index in [1.54, 1.807) is 0 Å². The largest absolute Gasteiger partial charge is 0.326 e. The zero-order valence-corrected chi connectivity index (χ0v) is 8.50. The number of aromatic nitrogens is 2. The van der Waals surface area contributed by atoms with Gasteiger partial charge >= 0.3 is 0 Å². The number of rotatable bonds is 2. The molecule has 2 aromatic rings. The summed E-state index contributed by atoms with van der Waals surface area (Å²) in [6.07, 6.45) is 0. The summed E-state index contributed by atoms with van der Waals surface area (Å²) in [4.78, 5) is 11.4. The van der Waals surface area contributed by atoms with Crippen LogP contribution in [0, 0.1) is 6.92 Å². The summed E-state index contributed by atoms with van der Waals surface area (Å²) in [5.74, 6) is 0. The van der Waals surface area contributed by atoms with Crippen molar-refractivity contribution in [2.75, 3.05) is 0 Å². The number of nitrogens with one attached hydrogen (secondary N) is 2. The molecule has 0 aliphatic carbocycles. The third-order valence-corrected chi connectivity index (χ3v) is 2.50. The summed E-state index contributed by atoms with van der Waals surface area (Å²) in [5, 5.41) is 5.42. The Bertz CT molecular complexity index is 525. The molecule has 0 saturated carbocycles. The van der Waals surface area contributed by atoms with Gasteiger partial charge in [0.05, 0.1) is 11.3 Å². The quantitative estimate of drug-likeness (QED) is 0.684. The number of H-pyrrole nitrogens is 2. The van der Waals surface area contributed by atoms with Crippen molar-refractivity contribution in [2.24, 2.45) is 5.73 Å². The summed E-state index contributed by atoms with van der Waals surface area (Å²) in [7, 11) is 0. The highest BCUT2D eigenvalue weighted by Gasteiger charge is 2.11. The maximum Gasteiger partial charge on any atom is 0.269 e. The fourth-order valence-corrected chi connectivity index (χ4v) is 1.66. The minimum Gasteiger partial charge on any atom is -0.326 e. The summed E-state index contributed by atoms with van der Waals surface area (Å²) in [6.45, 7) is 2.24. The minimum absolute atomic E-state index is 0.143. The van der Waals surface area contributed by atoms with Gasteiger partial charge in [0.15, 0.2) is 0 Å². The summed E-state index contributed by atoms with van der Waals surface area (Å²) < 4.78 is 0. The molecule has 1 aromatic heterocycles. The highest BCUT2D eigenvalue weighted by atomic mass is 16.1. The molecule has 1 aromatic carbocycles. The molecule has 0 aliphatic rings. The molecular formula is C11H13N3O. The summed E-state index contributed by atoms with van der Waals surface area (Å²) in [5.41, 5.74) is 8.92. The second-order valence-corrected chi connectivity index (χ2v) is 3.45. The molecule has 1 heterocycles. The van der Waals surface area contributed by atoms with Gasteiger partial charge in [0.1, 0.15) is 0 Å². The summed E-state index contributed by atoms with van der Waals surface area (Å²) in [6, 6.07) is 7.87. The molecule has 4 heteroatoms. The minimum atomic E-state index is -0.143. The van der Waals surface area contributed by atoms with E-state index in [1.807, 2.05) is 31.2 Å². The Morgan fingerprint density at radius 2 is 2.00 bits per heavy atom. The lowest BCUT2D eigenvalue weighted by molar-refractivity contribution is 1.04. The van der Waals surface area contributed by atoms with Crippen molar-refractivity contribution < 1.29 is 0 Å². The van der Waals surface area contributed by atoms with Gasteiger partial charge < -0.3 is 5.73 Å². The molecule has 4 nitrogen and oxygen atoms in total. The maximum absolute atomic E-state index is 11.4. The average molecular weight is 203 g/mol. The van der Waals surface area contributed by atoms with E-state index >= 15 is 0 Å². The van der Waals surface area contributed by atoms with Gasteiger partial charge in [-0.25, -0.2) is 0 Å². The normalized spacial score (nSPS) is 10.5. The molecule has 15 heavy (non-hydrogen) atoms. The molecule has 0 atom stereocenters. The van der Waals surface area contributed by atoms with Crippen LogP contribution in [0.3, 0.4) is 0 Å². The lowest BCUT2D eigenvalue weighted by atomic mass is 10.0. The fraction of sp³-hybridized carbons (Fsp3) is 0.182. The fourth-order valence-electron chi connectivity index (χ4n) is 1.66. The van der Waals surface area contributed by atoms with Crippen LogP contribution in [-0.4, -0.2) is 10.2 Å². The Morgan fingerprint density at radius 1 is 1.27 bits per heavy atom. The SMILES string of the molecule is Cc1ccccc1-c1[nH][nH]c(=O)c1CN. The molecule has 0 radical (unpaired) electrons. The van der Waals surface area contributed by atoms with Crippen LogP contribution < -0.4 is 11.3 Å². The number of aromatic amines is 2. The summed E-state index contributed by atoms with van der Waals surface area (Å²) >= 11 is 0. The lowest BCUT2D eigenvalue weighted by Crippen LogP contribution is -2.10. The molecule has 0 spiro atoms. The van der Waals surface area contributed by atoms with Crippen molar-refractivity contribution in [3.8, 4) is 11.3 Å². The Hall–Kier alpha value is -1.81. The second-order valence-electron chi connectivity index (χ2n) is 3.45. The van der Waals surface area contributed by atoms with Crippen LogP contribution in [0.25, 0.3) is 11.3 Å². The van der Waals surface area contributed by atoms with Crippen LogP contribution in [0.4, 0.5) is 0 Å². The lowest BCUT2D eigenvalue weighted by Gasteiger charge is -2.04. The topological polar surface area (TPSA) is 74.7 Å². The van der Waals surface area contributed by atoms with Crippen LogP contribution in [0.15, 0.2) is 29.1 Å². The number of aryl methyl sites for hydroxylation is 1. The van der Waals surface area contributed by atoms with E-state index in [9.17, 15) is 4.79 Å². The van der Waals surface area contributed by atoms with Crippen molar-refractivity contribution >= 4 is 0 Å². The number of nitrogens with two attached hydrogens (primary N) is 1. The van der Waals surface area contributed by atoms with E-state index in [4.69, 9.17) is 5.73 Å². The van der Waals surface area contributed by atoms with Gasteiger partial charge in [-0.3, -0.25) is 15.0 Å². The van der Waals surface area contributed by atoms with E-state index in [2.05, 4.69) is 10.2 Å². The molecule has 4 N–H and O–H groups in total. The molecule has 2 rings (SSSR count). The Morgan fingerprint density at radius 3 is 2.67 bits per heavy atom. The predicted octanol–water partition coefficient (Wildman–Crippen LogP) is 1.14. The average Bonchev–Trinajstić information content (AvgIpc) is 2.60. The predicted molar refractivity (Wildman–Crippen MR) is 59.5 cm³/mol. The van der Waals surface area contributed by atoms with E-state index in [0.29, 0.717) is 5.56 Å². The van der Waals surface area contributed by atoms with Crippen LogP contribution in [0.1, 0.15) is 11.1 Å².